The number of carbonyl (C=O) groups excluding carboxylic acids is 2. The van der Waals surface area contributed by atoms with Crippen molar-refractivity contribution in [2.75, 3.05) is 5.32 Å². The maximum Gasteiger partial charge on any atom is 0.271 e. The minimum Gasteiger partial charge on any atom is -0.364 e. The summed E-state index contributed by atoms with van der Waals surface area (Å²) in [6.45, 7) is 5.55. The average Bonchev–Trinajstić information content (AvgIpc) is 3.04. The molecule has 4 N–H and O–H groups in total. The van der Waals surface area contributed by atoms with Crippen LogP contribution in [0.15, 0.2) is 42.7 Å². The first-order valence-electron chi connectivity index (χ1n) is 8.94. The van der Waals surface area contributed by atoms with Crippen molar-refractivity contribution in [2.24, 2.45) is 5.73 Å². The first-order valence-corrected chi connectivity index (χ1v) is 8.94. The molecule has 0 fully saturated rings. The number of anilines is 2. The Morgan fingerprint density at radius 2 is 1.77 bits per heavy atom. The molecule has 0 unspecified atom stereocenters. The number of hydrogen-bond donors (Lipinski definition) is 3. The summed E-state index contributed by atoms with van der Waals surface area (Å²) in [6.07, 6.45) is 2.62. The maximum absolute atomic E-state index is 14.1. The Balaban J connectivity index is 1.89. The molecule has 156 valence electrons. The van der Waals surface area contributed by atoms with E-state index in [4.69, 9.17) is 5.73 Å². The summed E-state index contributed by atoms with van der Waals surface area (Å²) in [6, 6.07) is 6.42. The number of benzene rings is 1. The molecule has 2 amide bonds. The molecule has 0 spiro atoms. The lowest BCUT2D eigenvalue weighted by atomic mass is 10.1. The zero-order valence-electron chi connectivity index (χ0n) is 16.5. The molecule has 0 aliphatic rings. The van der Waals surface area contributed by atoms with E-state index < -0.39 is 28.8 Å². The van der Waals surface area contributed by atoms with Crippen LogP contribution in [0.2, 0.25) is 0 Å². The fraction of sp³-hybridized carbons (Fsp3) is 0.200. The van der Waals surface area contributed by atoms with Gasteiger partial charge in [0.05, 0.1) is 23.8 Å². The van der Waals surface area contributed by atoms with Crippen LogP contribution in [-0.4, -0.2) is 32.1 Å². The van der Waals surface area contributed by atoms with Crippen LogP contribution in [-0.2, 0) is 0 Å². The number of amides is 2. The SMILES string of the molecule is CC(C)(C)NC(=O)c1ccc(Nc2cn(-c3c(F)cccc3F)nc2C(N)=O)cn1. The van der Waals surface area contributed by atoms with Crippen LogP contribution in [0.5, 0.6) is 0 Å². The van der Waals surface area contributed by atoms with Crippen molar-refractivity contribution in [2.45, 2.75) is 26.3 Å². The Bertz CT molecular complexity index is 1080. The van der Waals surface area contributed by atoms with Crippen molar-refractivity contribution in [3.8, 4) is 5.69 Å². The quantitative estimate of drug-likeness (QED) is 0.594. The lowest BCUT2D eigenvalue weighted by Gasteiger charge is -2.20. The number of nitrogens with one attached hydrogen (secondary N) is 2. The number of nitrogens with zero attached hydrogens (tertiary/aromatic N) is 3. The monoisotopic (exact) mass is 414 g/mol. The summed E-state index contributed by atoms with van der Waals surface area (Å²) in [5.41, 5.74) is 5.02. The Morgan fingerprint density at radius 3 is 2.30 bits per heavy atom. The first kappa shape index (κ1) is 20.9. The zero-order valence-corrected chi connectivity index (χ0v) is 16.5. The second-order valence-corrected chi connectivity index (χ2v) is 7.53. The smallest absolute Gasteiger partial charge is 0.271 e. The molecule has 1 aromatic carbocycles. The number of rotatable bonds is 5. The Kier molecular flexibility index (Phi) is 5.50. The fourth-order valence-corrected chi connectivity index (χ4v) is 2.63. The number of pyridine rings is 1. The van der Waals surface area contributed by atoms with Gasteiger partial charge in [0.1, 0.15) is 11.4 Å². The largest absolute Gasteiger partial charge is 0.364 e. The van der Waals surface area contributed by atoms with E-state index in [0.29, 0.717) is 5.69 Å². The maximum atomic E-state index is 14.1. The van der Waals surface area contributed by atoms with Crippen molar-refractivity contribution in [3.05, 3.63) is 65.7 Å². The second-order valence-electron chi connectivity index (χ2n) is 7.53. The Morgan fingerprint density at radius 1 is 1.10 bits per heavy atom. The Hall–Kier alpha value is -3.82. The molecule has 2 aromatic heterocycles. The van der Waals surface area contributed by atoms with E-state index >= 15 is 0 Å². The van der Waals surface area contributed by atoms with Gasteiger partial charge in [-0.3, -0.25) is 9.59 Å². The molecule has 0 aliphatic heterocycles. The van der Waals surface area contributed by atoms with Crippen LogP contribution >= 0.6 is 0 Å². The van der Waals surface area contributed by atoms with Crippen molar-refractivity contribution in [3.63, 3.8) is 0 Å². The van der Waals surface area contributed by atoms with Gasteiger partial charge in [0.15, 0.2) is 17.3 Å². The second kappa shape index (κ2) is 7.90. The molecule has 0 saturated heterocycles. The van der Waals surface area contributed by atoms with Gasteiger partial charge in [0.25, 0.3) is 11.8 Å². The van der Waals surface area contributed by atoms with Gasteiger partial charge in [-0.15, -0.1) is 0 Å². The topological polar surface area (TPSA) is 115 Å². The van der Waals surface area contributed by atoms with E-state index in [2.05, 4.69) is 20.7 Å². The van der Waals surface area contributed by atoms with E-state index in [0.717, 1.165) is 16.8 Å². The highest BCUT2D eigenvalue weighted by atomic mass is 19.1. The molecule has 0 atom stereocenters. The van der Waals surface area contributed by atoms with Crippen LogP contribution in [0.3, 0.4) is 0 Å². The molecule has 10 heteroatoms. The molecular formula is C20H20F2N6O2. The number of para-hydroxylation sites is 1. The third-order valence-electron chi connectivity index (χ3n) is 3.88. The van der Waals surface area contributed by atoms with Gasteiger partial charge in [-0.2, -0.15) is 5.10 Å². The first-order chi connectivity index (χ1) is 14.0. The molecule has 0 bridgehead atoms. The van der Waals surface area contributed by atoms with Crippen LogP contribution in [0.1, 0.15) is 41.7 Å². The average molecular weight is 414 g/mol. The van der Waals surface area contributed by atoms with Gasteiger partial charge in [-0.1, -0.05) is 6.07 Å². The zero-order chi connectivity index (χ0) is 22.1. The standard InChI is InChI=1S/C20H20F2N6O2/c1-20(2,3)26-19(30)14-8-7-11(9-24-14)25-15-10-28(27-16(15)18(23)29)17-12(21)5-4-6-13(17)22/h4-10,25H,1-3H3,(H2,23,29)(H,26,30). The summed E-state index contributed by atoms with van der Waals surface area (Å²) in [7, 11) is 0. The molecule has 8 nitrogen and oxygen atoms in total. The summed E-state index contributed by atoms with van der Waals surface area (Å²) in [5.74, 6) is -2.93. The van der Waals surface area contributed by atoms with Gasteiger partial charge in [0, 0.05) is 5.54 Å². The predicted molar refractivity (Wildman–Crippen MR) is 107 cm³/mol. The number of hydrogen-bond acceptors (Lipinski definition) is 5. The molecule has 3 rings (SSSR count). The van der Waals surface area contributed by atoms with Crippen molar-refractivity contribution < 1.29 is 18.4 Å². The van der Waals surface area contributed by atoms with Crippen LogP contribution in [0.4, 0.5) is 20.2 Å². The van der Waals surface area contributed by atoms with Gasteiger partial charge >= 0.3 is 0 Å². The molecule has 30 heavy (non-hydrogen) atoms. The number of carbonyl (C=O) groups is 2. The van der Waals surface area contributed by atoms with Crippen LogP contribution < -0.4 is 16.4 Å². The van der Waals surface area contributed by atoms with E-state index in [-0.39, 0.29) is 23.0 Å². The van der Waals surface area contributed by atoms with E-state index in [1.165, 1.54) is 24.5 Å². The third-order valence-corrected chi connectivity index (χ3v) is 3.88. The molecule has 0 saturated carbocycles. The molecule has 0 aliphatic carbocycles. The molecule has 0 radical (unpaired) electrons. The summed E-state index contributed by atoms with van der Waals surface area (Å²) < 4.78 is 29.0. The minimum absolute atomic E-state index is 0.124. The number of halogens is 2. The van der Waals surface area contributed by atoms with Gasteiger partial charge in [-0.05, 0) is 45.0 Å². The van der Waals surface area contributed by atoms with Crippen molar-refractivity contribution in [1.29, 1.82) is 0 Å². The number of primary amides is 1. The molecular weight excluding hydrogens is 394 g/mol. The minimum atomic E-state index is -0.887. The highest BCUT2D eigenvalue weighted by molar-refractivity contribution is 5.97. The van der Waals surface area contributed by atoms with Gasteiger partial charge < -0.3 is 16.4 Å². The highest BCUT2D eigenvalue weighted by Gasteiger charge is 2.20. The van der Waals surface area contributed by atoms with E-state index in [1.807, 2.05) is 20.8 Å². The summed E-state index contributed by atoms with van der Waals surface area (Å²) in [4.78, 5) is 28.0. The summed E-state index contributed by atoms with van der Waals surface area (Å²) >= 11 is 0. The molecule has 2 heterocycles. The lowest BCUT2D eigenvalue weighted by molar-refractivity contribution is 0.0913. The third kappa shape index (κ3) is 4.59. The number of nitrogens with two attached hydrogens (primary N) is 1. The van der Waals surface area contributed by atoms with E-state index in [1.54, 1.807) is 6.07 Å². The molecule has 3 aromatic rings. The Labute approximate surface area is 171 Å². The lowest BCUT2D eigenvalue weighted by Crippen LogP contribution is -2.40. The highest BCUT2D eigenvalue weighted by Crippen LogP contribution is 2.24. The van der Waals surface area contributed by atoms with Gasteiger partial charge in [0.2, 0.25) is 0 Å². The number of aromatic nitrogens is 3. The van der Waals surface area contributed by atoms with Crippen LogP contribution in [0, 0.1) is 11.6 Å². The summed E-state index contributed by atoms with van der Waals surface area (Å²) in [5, 5.41) is 9.57. The normalized spacial score (nSPS) is 11.2. The van der Waals surface area contributed by atoms with Crippen LogP contribution in [0.25, 0.3) is 5.69 Å². The van der Waals surface area contributed by atoms with E-state index in [9.17, 15) is 18.4 Å². The van der Waals surface area contributed by atoms with Crippen molar-refractivity contribution >= 4 is 23.2 Å². The fourth-order valence-electron chi connectivity index (χ4n) is 2.63. The van der Waals surface area contributed by atoms with Crippen molar-refractivity contribution in [1.82, 2.24) is 20.1 Å². The van der Waals surface area contributed by atoms with Gasteiger partial charge in [-0.25, -0.2) is 18.4 Å². The predicted octanol–water partition coefficient (Wildman–Crippen LogP) is 2.92.